The summed E-state index contributed by atoms with van der Waals surface area (Å²) in [4.78, 5) is 2.72. The Balaban J connectivity index is 1.81. The fourth-order valence-electron chi connectivity index (χ4n) is 4.52. The molecule has 3 rings (SSSR count). The van der Waals surface area contributed by atoms with E-state index < -0.39 is 0 Å². The molecule has 2 aliphatic heterocycles. The Labute approximate surface area is 147 Å². The van der Waals surface area contributed by atoms with Gasteiger partial charge in [-0.1, -0.05) is 27.2 Å². The molecule has 0 bridgehead atoms. The smallest absolute Gasteiger partial charge is 0.161 e. The molecule has 3 nitrogen and oxygen atoms in total. The molecule has 3 unspecified atom stereocenters. The summed E-state index contributed by atoms with van der Waals surface area (Å²) < 4.78 is 11.0. The van der Waals surface area contributed by atoms with Gasteiger partial charge in [0.1, 0.15) is 0 Å². The maximum atomic E-state index is 5.55. The van der Waals surface area contributed by atoms with E-state index in [1.54, 1.807) is 14.2 Å². The lowest BCUT2D eigenvalue weighted by atomic mass is 9.75. The monoisotopic (exact) mass is 331 g/mol. The second-order valence-corrected chi connectivity index (χ2v) is 8.11. The van der Waals surface area contributed by atoms with Crippen LogP contribution in [-0.4, -0.2) is 32.2 Å². The number of nitrogens with zero attached hydrogens (tertiary/aromatic N) is 1. The van der Waals surface area contributed by atoms with Gasteiger partial charge >= 0.3 is 0 Å². The van der Waals surface area contributed by atoms with Gasteiger partial charge in [-0.3, -0.25) is 4.90 Å². The molecule has 0 aromatic heterocycles. The van der Waals surface area contributed by atoms with Gasteiger partial charge < -0.3 is 9.47 Å². The minimum absolute atomic E-state index is 0.554. The molecule has 1 aromatic rings. The highest BCUT2D eigenvalue weighted by Crippen LogP contribution is 2.45. The number of ether oxygens (including phenoxy) is 2. The first-order valence-electron chi connectivity index (χ1n) is 9.52. The third kappa shape index (κ3) is 3.42. The van der Waals surface area contributed by atoms with E-state index in [0.29, 0.717) is 6.04 Å². The lowest BCUT2D eigenvalue weighted by Gasteiger charge is -2.46. The predicted molar refractivity (Wildman–Crippen MR) is 98.9 cm³/mol. The van der Waals surface area contributed by atoms with Gasteiger partial charge in [-0.15, -0.1) is 0 Å². The molecule has 24 heavy (non-hydrogen) atoms. The average molecular weight is 332 g/mol. The van der Waals surface area contributed by atoms with Gasteiger partial charge in [0.2, 0.25) is 0 Å². The van der Waals surface area contributed by atoms with Crippen molar-refractivity contribution in [2.45, 2.75) is 52.5 Å². The molecule has 0 N–H and O–H groups in total. The van der Waals surface area contributed by atoms with Gasteiger partial charge in [-0.05, 0) is 60.3 Å². The van der Waals surface area contributed by atoms with Crippen molar-refractivity contribution in [1.29, 1.82) is 0 Å². The van der Waals surface area contributed by atoms with Crippen molar-refractivity contribution in [2.24, 2.45) is 17.8 Å². The lowest BCUT2D eigenvalue weighted by Crippen LogP contribution is -2.45. The molecular weight excluding hydrogens is 298 g/mol. The van der Waals surface area contributed by atoms with Crippen molar-refractivity contribution in [3.8, 4) is 11.5 Å². The minimum atomic E-state index is 0.554. The van der Waals surface area contributed by atoms with E-state index >= 15 is 0 Å². The van der Waals surface area contributed by atoms with Crippen molar-refractivity contribution in [2.75, 3.05) is 27.3 Å². The van der Waals surface area contributed by atoms with Crippen LogP contribution < -0.4 is 9.47 Å². The quantitative estimate of drug-likeness (QED) is 0.781. The van der Waals surface area contributed by atoms with Gasteiger partial charge in [0, 0.05) is 19.1 Å². The Morgan fingerprint density at radius 2 is 1.88 bits per heavy atom. The zero-order valence-electron chi connectivity index (χ0n) is 16.0. The van der Waals surface area contributed by atoms with Crippen LogP contribution >= 0.6 is 0 Å². The molecule has 1 saturated heterocycles. The normalized spacial score (nSPS) is 26.8. The van der Waals surface area contributed by atoms with Gasteiger partial charge in [-0.2, -0.15) is 0 Å². The fraction of sp³-hybridized carbons (Fsp3) is 0.714. The third-order valence-corrected chi connectivity index (χ3v) is 6.10. The highest BCUT2D eigenvalue weighted by Gasteiger charge is 2.37. The molecule has 2 heterocycles. The van der Waals surface area contributed by atoms with E-state index in [9.17, 15) is 0 Å². The number of piperidine rings is 1. The molecule has 1 fully saturated rings. The van der Waals surface area contributed by atoms with E-state index in [-0.39, 0.29) is 0 Å². The first-order valence-corrected chi connectivity index (χ1v) is 9.52. The van der Waals surface area contributed by atoms with Crippen LogP contribution in [0.2, 0.25) is 0 Å². The van der Waals surface area contributed by atoms with Gasteiger partial charge in [0.15, 0.2) is 11.5 Å². The summed E-state index contributed by atoms with van der Waals surface area (Å²) in [5.41, 5.74) is 2.91. The first kappa shape index (κ1) is 17.6. The van der Waals surface area contributed by atoms with Crippen molar-refractivity contribution in [3.63, 3.8) is 0 Å². The first-order chi connectivity index (χ1) is 11.5. The maximum absolute atomic E-state index is 5.55. The van der Waals surface area contributed by atoms with Crippen molar-refractivity contribution in [1.82, 2.24) is 4.90 Å². The second-order valence-electron chi connectivity index (χ2n) is 8.11. The molecule has 2 aliphatic rings. The summed E-state index contributed by atoms with van der Waals surface area (Å²) >= 11 is 0. The van der Waals surface area contributed by atoms with Crippen LogP contribution in [0.25, 0.3) is 0 Å². The minimum Gasteiger partial charge on any atom is -0.493 e. The lowest BCUT2D eigenvalue weighted by molar-refractivity contribution is 0.0546. The van der Waals surface area contributed by atoms with Crippen LogP contribution in [0.4, 0.5) is 0 Å². The van der Waals surface area contributed by atoms with E-state index in [2.05, 4.69) is 37.8 Å². The molecule has 0 aliphatic carbocycles. The largest absolute Gasteiger partial charge is 0.493 e. The van der Waals surface area contributed by atoms with E-state index in [4.69, 9.17) is 9.47 Å². The van der Waals surface area contributed by atoms with Crippen LogP contribution in [-0.2, 0) is 6.42 Å². The number of hydrogen-bond acceptors (Lipinski definition) is 3. The van der Waals surface area contributed by atoms with Crippen molar-refractivity contribution >= 4 is 0 Å². The highest BCUT2D eigenvalue weighted by molar-refractivity contribution is 5.49. The number of hydrogen-bond donors (Lipinski definition) is 0. The average Bonchev–Trinajstić information content (AvgIpc) is 2.58. The van der Waals surface area contributed by atoms with Gasteiger partial charge in [0.25, 0.3) is 0 Å². The van der Waals surface area contributed by atoms with Gasteiger partial charge in [0.05, 0.1) is 14.2 Å². The molecule has 3 atom stereocenters. The Hall–Kier alpha value is -1.22. The standard InChI is InChI=1S/C21H33NO2/c1-14(2)6-7-17-13-22-9-8-16-11-20(23-4)21(24-5)12-18(16)19(22)10-15(17)3/h11-12,14-15,17,19H,6-10,13H2,1-5H3. The number of methoxy groups -OCH3 is 2. The summed E-state index contributed by atoms with van der Waals surface area (Å²) in [5.74, 6) is 4.19. The zero-order valence-corrected chi connectivity index (χ0v) is 16.0. The van der Waals surface area contributed by atoms with Crippen LogP contribution in [0.1, 0.15) is 57.2 Å². The molecule has 0 radical (unpaired) electrons. The SMILES string of the molecule is COc1cc2c(cc1OC)C1CC(C)C(CCC(C)C)CN1CC2. The Morgan fingerprint density at radius 1 is 1.17 bits per heavy atom. The van der Waals surface area contributed by atoms with Crippen LogP contribution in [0.5, 0.6) is 11.5 Å². The number of benzene rings is 1. The molecule has 134 valence electrons. The third-order valence-electron chi connectivity index (χ3n) is 6.10. The van der Waals surface area contributed by atoms with Crippen molar-refractivity contribution in [3.05, 3.63) is 23.3 Å². The zero-order chi connectivity index (χ0) is 17.3. The topological polar surface area (TPSA) is 21.7 Å². The van der Waals surface area contributed by atoms with Gasteiger partial charge in [-0.25, -0.2) is 0 Å². The fourth-order valence-corrected chi connectivity index (χ4v) is 4.52. The van der Waals surface area contributed by atoms with Crippen molar-refractivity contribution < 1.29 is 9.47 Å². The maximum Gasteiger partial charge on any atom is 0.161 e. The Morgan fingerprint density at radius 3 is 2.54 bits per heavy atom. The molecule has 0 saturated carbocycles. The Bertz CT molecular complexity index is 569. The highest BCUT2D eigenvalue weighted by atomic mass is 16.5. The molecule has 0 spiro atoms. The predicted octanol–water partition coefficient (Wildman–Crippen LogP) is 4.70. The summed E-state index contributed by atoms with van der Waals surface area (Å²) in [6, 6.07) is 4.98. The van der Waals surface area contributed by atoms with Crippen LogP contribution in [0, 0.1) is 17.8 Å². The van der Waals surface area contributed by atoms with Crippen LogP contribution in [0.3, 0.4) is 0 Å². The number of fused-ring (bicyclic) bond motifs is 3. The molecule has 1 aromatic carbocycles. The Kier molecular flexibility index (Phi) is 5.39. The summed E-state index contributed by atoms with van der Waals surface area (Å²) in [6.45, 7) is 9.57. The summed E-state index contributed by atoms with van der Waals surface area (Å²) in [5, 5.41) is 0. The molecule has 0 amide bonds. The van der Waals surface area contributed by atoms with E-state index in [0.717, 1.165) is 35.7 Å². The summed E-state index contributed by atoms with van der Waals surface area (Å²) in [7, 11) is 3.46. The summed E-state index contributed by atoms with van der Waals surface area (Å²) in [6.07, 6.45) is 5.12. The molecular formula is C21H33NO2. The molecule has 3 heteroatoms. The van der Waals surface area contributed by atoms with E-state index in [1.807, 2.05) is 0 Å². The van der Waals surface area contributed by atoms with Crippen LogP contribution in [0.15, 0.2) is 12.1 Å². The second kappa shape index (κ2) is 7.35. The van der Waals surface area contributed by atoms with E-state index in [1.165, 1.54) is 43.5 Å². The number of rotatable bonds is 5.